The number of aryl methyl sites for hydroxylation is 1. The Morgan fingerprint density at radius 1 is 1.24 bits per heavy atom. The molecule has 0 unspecified atom stereocenters. The molecule has 3 rings (SSSR count). The number of nitrogens with one attached hydrogen (secondary N) is 2. The zero-order valence-electron chi connectivity index (χ0n) is 15.0. The van der Waals surface area contributed by atoms with Gasteiger partial charge in [-0.3, -0.25) is 0 Å². The number of fused-ring (bicyclic) bond motifs is 1. The fourth-order valence-corrected chi connectivity index (χ4v) is 3.62. The number of urea groups is 1. The van der Waals surface area contributed by atoms with Crippen LogP contribution in [-0.2, 0) is 15.9 Å². The molecule has 1 aromatic rings. The van der Waals surface area contributed by atoms with E-state index in [0.717, 1.165) is 51.9 Å². The molecule has 5 nitrogen and oxygen atoms in total. The lowest BCUT2D eigenvalue weighted by Crippen LogP contribution is -2.38. The molecule has 0 spiro atoms. The molecule has 1 aliphatic heterocycles. The molecule has 1 fully saturated rings. The maximum atomic E-state index is 12.2. The minimum absolute atomic E-state index is 0.0779. The molecule has 2 N–H and O–H groups in total. The maximum Gasteiger partial charge on any atom is 0.315 e. The van der Waals surface area contributed by atoms with Gasteiger partial charge >= 0.3 is 6.03 Å². The number of hydrogen-bond acceptors (Lipinski definition) is 3. The molecule has 1 aliphatic carbocycles. The molecule has 25 heavy (non-hydrogen) atoms. The summed E-state index contributed by atoms with van der Waals surface area (Å²) in [5.74, 6) is 0.548. The van der Waals surface area contributed by atoms with Gasteiger partial charge in [0.05, 0.1) is 19.3 Å². The van der Waals surface area contributed by atoms with Crippen LogP contribution in [0.5, 0.6) is 0 Å². The van der Waals surface area contributed by atoms with E-state index in [2.05, 4.69) is 34.9 Å². The van der Waals surface area contributed by atoms with Crippen molar-refractivity contribution in [3.63, 3.8) is 0 Å². The molecule has 138 valence electrons. The molecule has 2 amide bonds. The summed E-state index contributed by atoms with van der Waals surface area (Å²) in [4.78, 5) is 12.2. The first-order valence-corrected chi connectivity index (χ1v) is 9.60. The van der Waals surface area contributed by atoms with Crippen molar-refractivity contribution in [1.82, 2.24) is 10.6 Å². The Labute approximate surface area is 150 Å². The van der Waals surface area contributed by atoms with Crippen molar-refractivity contribution in [2.75, 3.05) is 33.0 Å². The third kappa shape index (κ3) is 5.72. The molecule has 1 saturated heterocycles. The number of amides is 2. The smallest absolute Gasteiger partial charge is 0.315 e. The predicted molar refractivity (Wildman–Crippen MR) is 97.6 cm³/mol. The fourth-order valence-electron chi connectivity index (χ4n) is 3.62. The van der Waals surface area contributed by atoms with Crippen molar-refractivity contribution < 1.29 is 14.3 Å². The first-order chi connectivity index (χ1) is 12.3. The highest BCUT2D eigenvalue weighted by Crippen LogP contribution is 2.28. The average Bonchev–Trinajstić information content (AvgIpc) is 3.06. The molecular weight excluding hydrogens is 316 g/mol. The number of carbonyl (C=O) groups is 1. The van der Waals surface area contributed by atoms with E-state index < -0.39 is 0 Å². The first-order valence-electron chi connectivity index (χ1n) is 9.60. The number of carbonyl (C=O) groups excluding carboxylic acids is 1. The van der Waals surface area contributed by atoms with Crippen molar-refractivity contribution in [3.8, 4) is 0 Å². The van der Waals surface area contributed by atoms with E-state index in [1.807, 2.05) is 0 Å². The summed E-state index contributed by atoms with van der Waals surface area (Å²) >= 11 is 0. The number of rotatable bonds is 7. The standard InChI is InChI=1S/C20H30N2O3/c23-20(21-11-5-12-24-14-16-10-13-25-15-16)22-19-9-4-2-7-17-6-1-3-8-18(17)19/h1,3,6,8,16,19H,2,4-5,7,9-15H2,(H2,21,22,23)/t16-,19-/m0/s1. The Hall–Kier alpha value is -1.59. The molecule has 1 heterocycles. The van der Waals surface area contributed by atoms with Crippen LogP contribution in [0.25, 0.3) is 0 Å². The van der Waals surface area contributed by atoms with Crippen LogP contribution < -0.4 is 10.6 Å². The monoisotopic (exact) mass is 346 g/mol. The summed E-state index contributed by atoms with van der Waals surface area (Å²) in [6.45, 7) is 3.78. The highest BCUT2D eigenvalue weighted by Gasteiger charge is 2.20. The van der Waals surface area contributed by atoms with Crippen LogP contribution in [0.2, 0.25) is 0 Å². The van der Waals surface area contributed by atoms with Crippen LogP contribution in [0.15, 0.2) is 24.3 Å². The van der Waals surface area contributed by atoms with Crippen molar-refractivity contribution in [2.24, 2.45) is 5.92 Å². The van der Waals surface area contributed by atoms with Crippen molar-refractivity contribution >= 4 is 6.03 Å². The lowest BCUT2D eigenvalue weighted by Gasteiger charge is -2.19. The normalized spacial score (nSPS) is 22.9. The third-order valence-corrected chi connectivity index (χ3v) is 5.05. The van der Waals surface area contributed by atoms with Crippen LogP contribution in [0.1, 0.15) is 49.3 Å². The Morgan fingerprint density at radius 2 is 2.16 bits per heavy atom. The van der Waals surface area contributed by atoms with Gasteiger partial charge in [-0.05, 0) is 43.2 Å². The minimum atomic E-state index is -0.0779. The van der Waals surface area contributed by atoms with Gasteiger partial charge in [-0.15, -0.1) is 0 Å². The van der Waals surface area contributed by atoms with Gasteiger partial charge in [0.2, 0.25) is 0 Å². The first kappa shape index (κ1) is 18.2. The van der Waals surface area contributed by atoms with Crippen molar-refractivity contribution in [3.05, 3.63) is 35.4 Å². The second-order valence-corrected chi connectivity index (χ2v) is 7.06. The summed E-state index contributed by atoms with van der Waals surface area (Å²) in [5.41, 5.74) is 2.65. The average molecular weight is 346 g/mol. The fraction of sp³-hybridized carbons (Fsp3) is 0.650. The van der Waals surface area contributed by atoms with E-state index >= 15 is 0 Å². The summed E-state index contributed by atoms with van der Waals surface area (Å²) < 4.78 is 11.0. The lowest BCUT2D eigenvalue weighted by atomic mass is 9.99. The highest BCUT2D eigenvalue weighted by atomic mass is 16.5. The van der Waals surface area contributed by atoms with E-state index in [1.165, 1.54) is 17.5 Å². The second-order valence-electron chi connectivity index (χ2n) is 7.06. The van der Waals surface area contributed by atoms with Crippen LogP contribution in [-0.4, -0.2) is 39.0 Å². The molecule has 0 radical (unpaired) electrons. The lowest BCUT2D eigenvalue weighted by molar-refractivity contribution is 0.0885. The Morgan fingerprint density at radius 3 is 3.04 bits per heavy atom. The van der Waals surface area contributed by atoms with Crippen LogP contribution >= 0.6 is 0 Å². The third-order valence-electron chi connectivity index (χ3n) is 5.05. The Kier molecular flexibility index (Phi) is 7.12. The van der Waals surface area contributed by atoms with E-state index in [0.29, 0.717) is 19.1 Å². The molecule has 2 atom stereocenters. The van der Waals surface area contributed by atoms with Crippen LogP contribution in [0.4, 0.5) is 4.79 Å². The summed E-state index contributed by atoms with van der Waals surface area (Å²) in [6.07, 6.45) is 6.40. The van der Waals surface area contributed by atoms with Crippen molar-refractivity contribution in [1.29, 1.82) is 0 Å². The Balaban J connectivity index is 1.33. The topological polar surface area (TPSA) is 59.6 Å². The quantitative estimate of drug-likeness (QED) is 0.589. The second kappa shape index (κ2) is 9.78. The van der Waals surface area contributed by atoms with Gasteiger partial charge in [0.15, 0.2) is 0 Å². The minimum Gasteiger partial charge on any atom is -0.381 e. The van der Waals surface area contributed by atoms with E-state index in [1.54, 1.807) is 0 Å². The molecule has 2 aliphatic rings. The van der Waals surface area contributed by atoms with Gasteiger partial charge in [-0.1, -0.05) is 30.7 Å². The molecule has 0 bridgehead atoms. The van der Waals surface area contributed by atoms with Gasteiger partial charge in [-0.2, -0.15) is 0 Å². The maximum absolute atomic E-state index is 12.2. The zero-order valence-corrected chi connectivity index (χ0v) is 15.0. The van der Waals surface area contributed by atoms with Gasteiger partial charge in [0, 0.05) is 25.7 Å². The molecule has 0 aromatic heterocycles. The Bertz CT molecular complexity index is 543. The van der Waals surface area contributed by atoms with E-state index in [9.17, 15) is 4.79 Å². The van der Waals surface area contributed by atoms with E-state index in [-0.39, 0.29) is 12.1 Å². The van der Waals surface area contributed by atoms with Gasteiger partial charge in [-0.25, -0.2) is 4.79 Å². The highest BCUT2D eigenvalue weighted by molar-refractivity contribution is 5.74. The number of ether oxygens (including phenoxy) is 2. The largest absolute Gasteiger partial charge is 0.381 e. The molecule has 5 heteroatoms. The van der Waals surface area contributed by atoms with Gasteiger partial charge in [0.25, 0.3) is 0 Å². The molecule has 0 saturated carbocycles. The zero-order chi connectivity index (χ0) is 17.3. The van der Waals surface area contributed by atoms with Gasteiger partial charge in [0.1, 0.15) is 0 Å². The van der Waals surface area contributed by atoms with Gasteiger partial charge < -0.3 is 20.1 Å². The van der Waals surface area contributed by atoms with Crippen LogP contribution in [0.3, 0.4) is 0 Å². The summed E-state index contributed by atoms with van der Waals surface area (Å²) in [7, 11) is 0. The van der Waals surface area contributed by atoms with Crippen LogP contribution in [0, 0.1) is 5.92 Å². The number of benzene rings is 1. The summed E-state index contributed by atoms with van der Waals surface area (Å²) in [5, 5.41) is 6.10. The van der Waals surface area contributed by atoms with Crippen molar-refractivity contribution in [2.45, 2.75) is 44.6 Å². The predicted octanol–water partition coefficient (Wildman–Crippen LogP) is 3.20. The number of hydrogen-bond donors (Lipinski definition) is 2. The summed E-state index contributed by atoms with van der Waals surface area (Å²) in [6, 6.07) is 8.51. The molecular formula is C20H30N2O3. The molecule has 1 aromatic carbocycles. The SMILES string of the molecule is O=C(NCCCOC[C@@H]1CCOC1)N[C@H]1CCCCc2ccccc21. The van der Waals surface area contributed by atoms with E-state index in [4.69, 9.17) is 9.47 Å².